The van der Waals surface area contributed by atoms with Crippen LogP contribution in [0.2, 0.25) is 0 Å². The highest BCUT2D eigenvalue weighted by Crippen LogP contribution is 2.70. The number of amides is 2. The van der Waals surface area contributed by atoms with Crippen LogP contribution in [0, 0.1) is 0 Å². The highest BCUT2D eigenvalue weighted by Gasteiger charge is 2.78. The smallest absolute Gasteiger partial charge is 0.262 e. The van der Waals surface area contributed by atoms with Crippen molar-refractivity contribution < 1.29 is 18.0 Å². The van der Waals surface area contributed by atoms with Gasteiger partial charge in [-0.2, -0.15) is 0 Å². The van der Waals surface area contributed by atoms with Gasteiger partial charge in [0.1, 0.15) is 6.17 Å². The second-order valence-corrected chi connectivity index (χ2v) is 11.7. The largest absolute Gasteiger partial charge is 0.319 e. The molecule has 7 nitrogen and oxygen atoms in total. The molecule has 10 heteroatoms. The molecule has 0 aliphatic carbocycles. The number of anilines is 1. The van der Waals surface area contributed by atoms with Gasteiger partial charge < -0.3 is 4.90 Å². The van der Waals surface area contributed by atoms with Gasteiger partial charge in [-0.1, -0.05) is 53.1 Å². The fraction of sp³-hybridized carbons (Fsp3) is 0.556. The molecule has 5 heterocycles. The minimum atomic E-state index is -2.97. The summed E-state index contributed by atoms with van der Waals surface area (Å²) in [5, 5.41) is 0. The Morgan fingerprint density at radius 1 is 1.18 bits per heavy atom. The SMILES string of the molecule is CCC[C@]12C[C@@]34SS[C@@](C)(C(=O)N3[C@H]1N([SH](=O)=O)c1ccccc12)N(C)C4=O. The van der Waals surface area contributed by atoms with E-state index in [0.717, 1.165) is 12.0 Å². The average molecular weight is 440 g/mol. The van der Waals surface area contributed by atoms with Gasteiger partial charge in [-0.25, -0.2) is 12.7 Å². The summed E-state index contributed by atoms with van der Waals surface area (Å²) in [5.41, 5.74) is 0.966. The molecule has 2 amide bonds. The Hall–Kier alpha value is -1.39. The molecule has 4 fully saturated rings. The third kappa shape index (κ3) is 1.83. The first kappa shape index (κ1) is 18.6. The van der Waals surface area contributed by atoms with Crippen LogP contribution in [0.25, 0.3) is 0 Å². The maximum Gasteiger partial charge on any atom is 0.262 e. The third-order valence-corrected chi connectivity index (χ3v) is 11.2. The molecule has 1 spiro atoms. The van der Waals surface area contributed by atoms with Gasteiger partial charge in [0, 0.05) is 18.9 Å². The molecule has 0 N–H and O–H groups in total. The number of hydrogen-bond acceptors (Lipinski definition) is 6. The van der Waals surface area contributed by atoms with E-state index in [1.54, 1.807) is 29.8 Å². The molecule has 0 unspecified atom stereocenters. The Morgan fingerprint density at radius 3 is 2.57 bits per heavy atom. The van der Waals surface area contributed by atoms with Crippen molar-refractivity contribution in [2.45, 2.75) is 54.4 Å². The number of benzene rings is 1. The van der Waals surface area contributed by atoms with Crippen molar-refractivity contribution in [1.82, 2.24) is 9.80 Å². The second-order valence-electron chi connectivity index (χ2n) is 8.03. The van der Waals surface area contributed by atoms with Crippen molar-refractivity contribution >= 4 is 50.0 Å². The maximum atomic E-state index is 13.6. The van der Waals surface area contributed by atoms with Crippen LogP contribution >= 0.6 is 21.6 Å². The predicted molar refractivity (Wildman–Crippen MR) is 110 cm³/mol. The lowest BCUT2D eigenvalue weighted by Gasteiger charge is -2.57. The number of fused-ring (bicyclic) bond motifs is 5. The van der Waals surface area contributed by atoms with Gasteiger partial charge in [0.25, 0.3) is 11.8 Å². The van der Waals surface area contributed by atoms with Crippen molar-refractivity contribution in [2.75, 3.05) is 11.4 Å². The summed E-state index contributed by atoms with van der Waals surface area (Å²) in [5.74, 6) is -0.294. The number of para-hydroxylation sites is 1. The van der Waals surface area contributed by atoms with E-state index in [4.69, 9.17) is 0 Å². The minimum absolute atomic E-state index is 0.109. The fourth-order valence-corrected chi connectivity index (χ4v) is 9.84. The molecular formula is C18H21N3O4S3. The number of piperazine rings is 1. The van der Waals surface area contributed by atoms with Crippen LogP contribution in [-0.4, -0.2) is 53.0 Å². The summed E-state index contributed by atoms with van der Waals surface area (Å²) in [6.07, 6.45) is 1.27. The van der Waals surface area contributed by atoms with Crippen LogP contribution in [0.15, 0.2) is 24.3 Å². The van der Waals surface area contributed by atoms with Crippen LogP contribution in [0.3, 0.4) is 0 Å². The minimum Gasteiger partial charge on any atom is -0.319 e. The molecule has 6 rings (SSSR count). The van der Waals surface area contributed by atoms with E-state index in [0.29, 0.717) is 18.5 Å². The molecule has 0 saturated carbocycles. The normalized spacial score (nSPS) is 38.3. The Kier molecular flexibility index (Phi) is 3.73. The molecule has 28 heavy (non-hydrogen) atoms. The van der Waals surface area contributed by atoms with Gasteiger partial charge in [0.15, 0.2) is 9.74 Å². The van der Waals surface area contributed by atoms with E-state index < -0.39 is 32.2 Å². The van der Waals surface area contributed by atoms with Crippen LogP contribution < -0.4 is 4.31 Å². The van der Waals surface area contributed by atoms with E-state index >= 15 is 0 Å². The maximum absolute atomic E-state index is 13.6. The summed E-state index contributed by atoms with van der Waals surface area (Å²) in [7, 11) is 1.54. The van der Waals surface area contributed by atoms with E-state index in [1.807, 2.05) is 18.2 Å². The third-order valence-electron chi connectivity index (χ3n) is 6.71. The van der Waals surface area contributed by atoms with E-state index in [2.05, 4.69) is 6.92 Å². The number of thiol groups is 1. The Bertz CT molecular complexity index is 992. The molecule has 1 aromatic carbocycles. The summed E-state index contributed by atoms with van der Waals surface area (Å²) >= 11 is 0. The first-order valence-corrected chi connectivity index (χ1v) is 12.5. The number of hydrogen-bond donors (Lipinski definition) is 1. The van der Waals surface area contributed by atoms with Crippen molar-refractivity contribution in [3.05, 3.63) is 29.8 Å². The first-order valence-electron chi connectivity index (χ1n) is 9.26. The van der Waals surface area contributed by atoms with Gasteiger partial charge in [0.05, 0.1) is 5.69 Å². The zero-order chi connectivity index (χ0) is 20.1. The Balaban J connectivity index is 1.81. The summed E-state index contributed by atoms with van der Waals surface area (Å²) < 4.78 is 26.1. The van der Waals surface area contributed by atoms with Gasteiger partial charge in [-0.3, -0.25) is 14.5 Å². The van der Waals surface area contributed by atoms with Crippen LogP contribution in [-0.2, 0) is 25.9 Å². The molecule has 4 atom stereocenters. The van der Waals surface area contributed by atoms with E-state index in [9.17, 15) is 18.0 Å². The van der Waals surface area contributed by atoms with E-state index in [1.165, 1.54) is 25.9 Å². The molecule has 0 aromatic heterocycles. The molecule has 1 aromatic rings. The van der Waals surface area contributed by atoms with Gasteiger partial charge in [-0.05, 0) is 25.0 Å². The number of nitrogens with zero attached hydrogens (tertiary/aromatic N) is 3. The average Bonchev–Trinajstić information content (AvgIpc) is 3.10. The molecule has 0 radical (unpaired) electrons. The van der Waals surface area contributed by atoms with Crippen molar-refractivity contribution in [1.29, 1.82) is 0 Å². The van der Waals surface area contributed by atoms with Crippen LogP contribution in [0.5, 0.6) is 0 Å². The molecule has 4 saturated heterocycles. The van der Waals surface area contributed by atoms with Gasteiger partial charge in [-0.15, -0.1) is 0 Å². The van der Waals surface area contributed by atoms with Crippen molar-refractivity contribution in [3.8, 4) is 0 Å². The molecule has 5 aliphatic rings. The number of carbonyl (C=O) groups excluding carboxylic acids is 2. The fourth-order valence-electron chi connectivity index (χ4n) is 5.45. The zero-order valence-corrected chi connectivity index (χ0v) is 18.3. The van der Waals surface area contributed by atoms with Crippen molar-refractivity contribution in [3.63, 3.8) is 0 Å². The number of carbonyl (C=O) groups is 2. The lowest BCUT2D eigenvalue weighted by molar-refractivity contribution is -0.163. The first-order chi connectivity index (χ1) is 13.2. The summed E-state index contributed by atoms with van der Waals surface area (Å²) in [4.78, 5) is 28.1. The monoisotopic (exact) mass is 439 g/mol. The van der Waals surface area contributed by atoms with Gasteiger partial charge in [0.2, 0.25) is 10.9 Å². The van der Waals surface area contributed by atoms with E-state index in [-0.39, 0.29) is 11.8 Å². The highest BCUT2D eigenvalue weighted by atomic mass is 33.1. The van der Waals surface area contributed by atoms with Crippen LogP contribution in [0.1, 0.15) is 38.7 Å². The Labute approximate surface area is 173 Å². The molecular weight excluding hydrogens is 418 g/mol. The lowest BCUT2D eigenvalue weighted by atomic mass is 9.74. The zero-order valence-electron chi connectivity index (χ0n) is 15.7. The van der Waals surface area contributed by atoms with Gasteiger partial charge >= 0.3 is 0 Å². The number of rotatable bonds is 3. The quantitative estimate of drug-likeness (QED) is 0.573. The molecule has 150 valence electrons. The Morgan fingerprint density at radius 2 is 1.89 bits per heavy atom. The lowest BCUT2D eigenvalue weighted by Crippen LogP contribution is -2.76. The summed E-state index contributed by atoms with van der Waals surface area (Å²) in [6, 6.07) is 7.47. The van der Waals surface area contributed by atoms with Crippen LogP contribution in [0.4, 0.5) is 5.69 Å². The predicted octanol–water partition coefficient (Wildman–Crippen LogP) is 1.91. The topological polar surface area (TPSA) is 78.0 Å². The second kappa shape index (κ2) is 5.60. The number of likely N-dealkylation sites (N-methyl/N-ethyl adjacent to an activating group) is 1. The van der Waals surface area contributed by atoms with Crippen molar-refractivity contribution in [2.24, 2.45) is 0 Å². The molecule has 5 aliphatic heterocycles. The summed E-state index contributed by atoms with van der Waals surface area (Å²) in [6.45, 7) is 3.80. The standard InChI is InChI=1S/C18H21N3O4S3/c1-4-9-17-10-18-15(23)19(3)16(2,26-27-18)14(22)20(18)13(17)21(28(24)25)12-8-6-5-7-11(12)17/h5-8,13,28H,4,9-10H2,1-3H3/t13-,16-,17+,18-/m0/s1. The molecule has 2 bridgehead atoms. The highest BCUT2D eigenvalue weighted by molar-refractivity contribution is 8.78.